The molecule has 0 spiro atoms. The fraction of sp³-hybridized carbons (Fsp3) is 0.357. The van der Waals surface area contributed by atoms with E-state index in [-0.39, 0.29) is 29.2 Å². The van der Waals surface area contributed by atoms with Crippen LogP contribution in [0, 0.1) is 12.7 Å². The number of hydrogen-bond acceptors (Lipinski definition) is 4. The summed E-state index contributed by atoms with van der Waals surface area (Å²) in [6.07, 6.45) is 0.743. The third-order valence-electron chi connectivity index (χ3n) is 3.89. The molecule has 1 N–H and O–H groups in total. The normalized spacial score (nSPS) is 19.8. The van der Waals surface area contributed by atoms with Gasteiger partial charge in [-0.05, 0) is 38.0 Å². The molecule has 6 nitrogen and oxygen atoms in total. The molecule has 3 rings (SSSR count). The number of hydrogen-bond donors (Lipinski definition) is 1. The molecule has 1 fully saturated rings. The maximum Gasteiger partial charge on any atom is 0.322 e. The number of benzene rings is 1. The van der Waals surface area contributed by atoms with Crippen molar-refractivity contribution in [2.75, 3.05) is 6.54 Å². The van der Waals surface area contributed by atoms with Crippen LogP contribution in [0.4, 0.5) is 4.39 Å². The average molecular weight is 327 g/mol. The number of aryl methyl sites for hydroxylation is 1. The maximum absolute atomic E-state index is 13.3. The summed E-state index contributed by atoms with van der Waals surface area (Å²) in [6, 6.07) is 2.65. The standard InChI is InChI=1S/C14H14FNO5S/c1-8-10-7-9(15)4-5-12(10)21-14(8)22(19,20)16-6-2-3-11(16)13(17)18/h4-5,7,11H,2-3,6H2,1H3,(H,17,18). The Hall–Kier alpha value is -1.93. The van der Waals surface area contributed by atoms with Crippen LogP contribution in [0.15, 0.2) is 27.7 Å². The quantitative estimate of drug-likeness (QED) is 0.933. The minimum Gasteiger partial charge on any atom is -0.480 e. The van der Waals surface area contributed by atoms with Gasteiger partial charge >= 0.3 is 5.97 Å². The molecule has 8 heteroatoms. The molecule has 0 bridgehead atoms. The second-order valence-corrected chi connectivity index (χ2v) is 7.06. The third kappa shape index (κ3) is 2.19. The second-order valence-electron chi connectivity index (χ2n) is 5.27. The zero-order valence-electron chi connectivity index (χ0n) is 11.7. The molecule has 2 aromatic rings. The van der Waals surface area contributed by atoms with Crippen LogP contribution in [0.3, 0.4) is 0 Å². The molecular formula is C14H14FNO5S. The molecular weight excluding hydrogens is 313 g/mol. The van der Waals surface area contributed by atoms with Gasteiger partial charge in [-0.3, -0.25) is 4.79 Å². The van der Waals surface area contributed by atoms with Gasteiger partial charge in [-0.1, -0.05) is 0 Å². The van der Waals surface area contributed by atoms with E-state index in [1.54, 1.807) is 0 Å². The van der Waals surface area contributed by atoms with Gasteiger partial charge in [0.1, 0.15) is 17.4 Å². The van der Waals surface area contributed by atoms with Gasteiger partial charge in [0.2, 0.25) is 5.09 Å². The average Bonchev–Trinajstić information content (AvgIpc) is 3.05. The van der Waals surface area contributed by atoms with Gasteiger partial charge in [-0.2, -0.15) is 4.31 Å². The van der Waals surface area contributed by atoms with E-state index in [0.717, 1.165) is 4.31 Å². The topological polar surface area (TPSA) is 87.8 Å². The predicted octanol–water partition coefficient (Wildman–Crippen LogP) is 2.12. The number of rotatable bonds is 3. The van der Waals surface area contributed by atoms with Crippen LogP contribution in [0.25, 0.3) is 11.0 Å². The highest BCUT2D eigenvalue weighted by atomic mass is 32.2. The minimum absolute atomic E-state index is 0.129. The fourth-order valence-corrected chi connectivity index (χ4v) is 4.60. The van der Waals surface area contributed by atoms with Gasteiger partial charge in [0, 0.05) is 17.5 Å². The number of aliphatic carboxylic acids is 1. The van der Waals surface area contributed by atoms with Crippen molar-refractivity contribution in [3.63, 3.8) is 0 Å². The van der Waals surface area contributed by atoms with E-state index in [4.69, 9.17) is 9.52 Å². The summed E-state index contributed by atoms with van der Waals surface area (Å²) in [5, 5.41) is 9.20. The summed E-state index contributed by atoms with van der Waals surface area (Å²) in [7, 11) is -4.07. The molecule has 2 heterocycles. The van der Waals surface area contributed by atoms with Crippen molar-refractivity contribution < 1.29 is 27.1 Å². The van der Waals surface area contributed by atoms with E-state index in [9.17, 15) is 17.6 Å². The van der Waals surface area contributed by atoms with Crippen molar-refractivity contribution >= 4 is 27.0 Å². The first-order chi connectivity index (χ1) is 10.3. The fourth-order valence-electron chi connectivity index (χ4n) is 2.80. The van der Waals surface area contributed by atoms with Crippen molar-refractivity contribution in [1.29, 1.82) is 0 Å². The van der Waals surface area contributed by atoms with Crippen LogP contribution < -0.4 is 0 Å². The molecule has 0 saturated carbocycles. The molecule has 1 atom stereocenters. The van der Waals surface area contributed by atoms with E-state index < -0.39 is 27.9 Å². The van der Waals surface area contributed by atoms with E-state index >= 15 is 0 Å². The Kier molecular flexibility index (Phi) is 3.45. The highest BCUT2D eigenvalue weighted by Gasteiger charge is 2.42. The SMILES string of the molecule is Cc1c(S(=O)(=O)N2CCCC2C(=O)O)oc2ccc(F)cc12. The first-order valence-corrected chi connectivity index (χ1v) is 8.19. The lowest BCUT2D eigenvalue weighted by atomic mass is 10.2. The molecule has 1 aliphatic rings. The Morgan fingerprint density at radius 1 is 1.45 bits per heavy atom. The molecule has 22 heavy (non-hydrogen) atoms. The summed E-state index contributed by atoms with van der Waals surface area (Å²) in [6.45, 7) is 1.65. The molecule has 1 unspecified atom stereocenters. The smallest absolute Gasteiger partial charge is 0.322 e. The number of carbonyl (C=O) groups is 1. The van der Waals surface area contributed by atoms with E-state index in [2.05, 4.69) is 0 Å². The molecule has 1 aromatic heterocycles. The number of halogens is 1. The maximum atomic E-state index is 13.3. The van der Waals surface area contributed by atoms with Crippen molar-refractivity contribution in [2.24, 2.45) is 0 Å². The third-order valence-corrected chi connectivity index (χ3v) is 5.80. The van der Waals surface area contributed by atoms with Crippen LogP contribution in [0.1, 0.15) is 18.4 Å². The van der Waals surface area contributed by atoms with Crippen molar-refractivity contribution in [1.82, 2.24) is 4.31 Å². The Morgan fingerprint density at radius 3 is 2.86 bits per heavy atom. The van der Waals surface area contributed by atoms with Crippen LogP contribution in [-0.2, 0) is 14.8 Å². The Balaban J connectivity index is 2.13. The number of carboxylic acid groups (broad SMARTS) is 1. The van der Waals surface area contributed by atoms with Crippen LogP contribution in [0.2, 0.25) is 0 Å². The van der Waals surface area contributed by atoms with Crippen LogP contribution in [0.5, 0.6) is 0 Å². The van der Waals surface area contributed by atoms with Crippen LogP contribution in [-0.4, -0.2) is 36.4 Å². The number of furan rings is 1. The highest BCUT2D eigenvalue weighted by molar-refractivity contribution is 7.89. The molecule has 0 amide bonds. The summed E-state index contributed by atoms with van der Waals surface area (Å²) >= 11 is 0. The van der Waals surface area contributed by atoms with Gasteiger partial charge in [0.15, 0.2) is 0 Å². The summed E-state index contributed by atoms with van der Waals surface area (Å²) in [5.74, 6) is -1.68. The highest BCUT2D eigenvalue weighted by Crippen LogP contribution is 2.33. The van der Waals surface area contributed by atoms with Crippen molar-refractivity contribution in [2.45, 2.75) is 30.9 Å². The van der Waals surface area contributed by atoms with Gasteiger partial charge < -0.3 is 9.52 Å². The molecule has 1 aromatic carbocycles. The minimum atomic E-state index is -4.07. The second kappa shape index (κ2) is 5.06. The Bertz CT molecular complexity index is 857. The summed E-state index contributed by atoms with van der Waals surface area (Å²) < 4.78 is 45.0. The lowest BCUT2D eigenvalue weighted by Gasteiger charge is -2.19. The molecule has 0 aliphatic carbocycles. The van der Waals surface area contributed by atoms with E-state index in [1.807, 2.05) is 0 Å². The molecule has 1 saturated heterocycles. The molecule has 0 radical (unpaired) electrons. The lowest BCUT2D eigenvalue weighted by Crippen LogP contribution is -2.40. The number of carboxylic acids is 1. The van der Waals surface area contributed by atoms with Crippen LogP contribution >= 0.6 is 0 Å². The van der Waals surface area contributed by atoms with Gasteiger partial charge in [0.25, 0.3) is 10.0 Å². The predicted molar refractivity (Wildman–Crippen MR) is 75.5 cm³/mol. The Morgan fingerprint density at radius 2 is 2.18 bits per heavy atom. The van der Waals surface area contributed by atoms with Gasteiger partial charge in [-0.15, -0.1) is 0 Å². The summed E-state index contributed by atoms with van der Waals surface area (Å²) in [4.78, 5) is 11.2. The Labute approximate surface area is 126 Å². The van der Waals surface area contributed by atoms with E-state index in [1.165, 1.54) is 25.1 Å². The summed E-state index contributed by atoms with van der Waals surface area (Å²) in [5.41, 5.74) is 0.536. The lowest BCUT2D eigenvalue weighted by molar-refractivity contribution is -0.140. The number of fused-ring (bicyclic) bond motifs is 1. The van der Waals surface area contributed by atoms with Gasteiger partial charge in [-0.25, -0.2) is 12.8 Å². The molecule has 118 valence electrons. The molecule has 1 aliphatic heterocycles. The number of sulfonamides is 1. The zero-order valence-corrected chi connectivity index (χ0v) is 12.6. The monoisotopic (exact) mass is 327 g/mol. The largest absolute Gasteiger partial charge is 0.480 e. The van der Waals surface area contributed by atoms with Gasteiger partial charge in [0.05, 0.1) is 0 Å². The zero-order chi connectivity index (χ0) is 16.1. The first-order valence-electron chi connectivity index (χ1n) is 6.75. The van der Waals surface area contributed by atoms with Crippen molar-refractivity contribution in [3.8, 4) is 0 Å². The number of nitrogens with zero attached hydrogens (tertiary/aromatic N) is 1. The van der Waals surface area contributed by atoms with E-state index in [0.29, 0.717) is 11.8 Å². The van der Waals surface area contributed by atoms with Crippen molar-refractivity contribution in [3.05, 3.63) is 29.6 Å². The first kappa shape index (κ1) is 15.0.